The summed E-state index contributed by atoms with van der Waals surface area (Å²) < 4.78 is 16.5. The molecule has 0 spiro atoms. The maximum Gasteiger partial charge on any atom is 1.00 e. The molecule has 0 fully saturated rings. The average molecular weight is 1170 g/mol. The molecule has 0 unspecified atom stereocenters. The molecule has 0 bridgehead atoms. The third kappa shape index (κ3) is 24.5. The quantitative estimate of drug-likeness (QED) is 0.0364. The number of aliphatic hydroxyl groups excluding tert-OH is 1. The first kappa shape index (κ1) is 79.1. The van der Waals surface area contributed by atoms with E-state index in [-0.39, 0.29) is 93.0 Å². The van der Waals surface area contributed by atoms with E-state index in [4.69, 9.17) is 44.1 Å². The molecule has 17 nitrogen and oxygen atoms in total. The van der Waals surface area contributed by atoms with Crippen LogP contribution in [0.25, 0.3) is 33.8 Å². The van der Waals surface area contributed by atoms with Crippen LogP contribution in [0.4, 0.5) is 27.3 Å². The van der Waals surface area contributed by atoms with Crippen molar-refractivity contribution in [1.82, 2.24) is 39.4 Å². The molecule has 0 atom stereocenters. The van der Waals surface area contributed by atoms with E-state index in [0.29, 0.717) is 27.1 Å². The number of ketones is 1. The minimum atomic E-state index is -0.498. The first-order valence-electron chi connectivity index (χ1n) is 20.8. The second-order valence-electron chi connectivity index (χ2n) is 15.2. The van der Waals surface area contributed by atoms with Crippen molar-refractivity contribution in [1.29, 1.82) is 0 Å². The fraction of sp³-hybridized carbons (Fsp3) is 0.333. The molecule has 0 aliphatic heterocycles. The summed E-state index contributed by atoms with van der Waals surface area (Å²) in [4.78, 5) is 37.7. The van der Waals surface area contributed by atoms with Gasteiger partial charge in [-0.25, -0.2) is 19.0 Å². The van der Waals surface area contributed by atoms with Gasteiger partial charge < -0.3 is 35.7 Å². The Morgan fingerprint density at radius 3 is 1.38 bits per heavy atom. The second kappa shape index (κ2) is 39.6. The molecule has 5 heterocycles. The Hall–Kier alpha value is -5.77. The topological polar surface area (TPSA) is 209 Å². The van der Waals surface area contributed by atoms with Gasteiger partial charge >= 0.3 is 29.6 Å². The van der Waals surface area contributed by atoms with E-state index in [1.54, 1.807) is 23.7 Å². The Kier molecular flexibility index (Phi) is 41.2. The van der Waals surface area contributed by atoms with Crippen LogP contribution in [0.3, 0.4) is 0 Å². The first-order valence-corrected chi connectivity index (χ1v) is 22.7. The second-order valence-corrected chi connectivity index (χ2v) is 16.5. The van der Waals surface area contributed by atoms with Gasteiger partial charge in [0.1, 0.15) is 11.0 Å². The number of fused-ring (bicyclic) bond motifs is 2. The molecule has 0 saturated heterocycles. The molecule has 414 valence electrons. The number of aliphatic hydroxyl groups is 1. The van der Waals surface area contributed by atoms with Gasteiger partial charge in [-0.15, -0.1) is 15.3 Å². The minimum Gasteiger partial charge on any atom is -0.662 e. The third-order valence-electron chi connectivity index (χ3n) is 9.38. The number of rotatable bonds is 8. The largest absolute Gasteiger partial charge is 1.00 e. The molecule has 0 radical (unpaired) electrons. The van der Waals surface area contributed by atoms with Crippen LogP contribution in [-0.4, -0.2) is 111 Å². The number of aryl methyl sites for hydroxylation is 3. The summed E-state index contributed by atoms with van der Waals surface area (Å²) in [7, 11) is 12.0. The summed E-state index contributed by atoms with van der Waals surface area (Å²) >= 11 is 14.6. The number of imidazole rings is 2. The van der Waals surface area contributed by atoms with Crippen LogP contribution in [-0.2, 0) is 9.68 Å². The van der Waals surface area contributed by atoms with Crippen molar-refractivity contribution in [3.63, 3.8) is 0 Å². The number of hydrogen-bond acceptors (Lipinski definition) is 15. The first-order chi connectivity index (χ1) is 32.8. The van der Waals surface area contributed by atoms with Crippen molar-refractivity contribution in [2.75, 3.05) is 74.7 Å². The Bertz CT molecular complexity index is 2740. The number of Topliss-reactive ketones (excluding diaryl/α,β-unsaturated/α-hetero) is 1. The van der Waals surface area contributed by atoms with Crippen LogP contribution >= 0.6 is 39.1 Å². The number of alkyl halides is 1. The monoisotopic (exact) mass is 1170 g/mol. The number of nitrogens with two attached hydrogens (primary N) is 1. The molecule has 22 heteroatoms. The van der Waals surface area contributed by atoms with Gasteiger partial charge in [0.05, 0.1) is 29.1 Å². The summed E-state index contributed by atoms with van der Waals surface area (Å²) in [5.41, 5.74) is 17.4. The Morgan fingerprint density at radius 1 is 0.684 bits per heavy atom. The summed E-state index contributed by atoms with van der Waals surface area (Å²) in [5.74, 6) is 0.0478. The molecule has 76 heavy (non-hydrogen) atoms. The fourth-order valence-electron chi connectivity index (χ4n) is 5.81. The predicted molar refractivity (Wildman–Crippen MR) is 315 cm³/mol. The zero-order valence-corrected chi connectivity index (χ0v) is 46.0. The number of hydrogen-bond donors (Lipinski definition) is 2. The number of halogens is 4. The third-order valence-corrected chi connectivity index (χ3v) is 10.3. The maximum absolute atomic E-state index is 13.3. The van der Waals surface area contributed by atoms with Gasteiger partial charge in [0, 0.05) is 88.7 Å². The standard InChI is InChI=1S/C15H15ClN4.C15H15FN4.C10H12BrNO.C5H6ClN3.C2H6O.CH2O3.6CH4.Na/c2*1-10-8-14(16)18-20-9-13(17-15(10)20)11-4-6-12(7-5-11)19(2)3;1-12(2)9-5-3-8(4-6-9)10(13)7-11;1-3-2-4(6)8-9-5(3)7;1-2-3;2-1-4-3;;;;;;;/h2*4-9H,1-3H3;3-6H,7H2,1-2H3;2H,1H3,(H2,7,9);3H,2H2,1H3;1,3H;6*1H4;/q;;;;;;;;;;;;+1/p-1. The molecule has 8 aromatic rings. The number of benzene rings is 3. The summed E-state index contributed by atoms with van der Waals surface area (Å²) in [5, 5.41) is 32.4. The average Bonchev–Trinajstić information content (AvgIpc) is 3.97. The van der Waals surface area contributed by atoms with Gasteiger partial charge in [-0.05, 0) is 105 Å². The normalized spacial score (nSPS) is 9.11. The summed E-state index contributed by atoms with van der Waals surface area (Å²) in [6, 6.07) is 28.8. The minimum absolute atomic E-state index is 0. The SMILES string of the molecule is C.C.C.C.C.C.CCO.CN(C)c1ccc(C(=O)CBr)cc1.Cc1cc(Cl)nn2cc(-c3ccc(N(C)C)cc3)nc12.Cc1cc(Cl)nnc1N.Cc1cc(F)nn2cc(-c3ccc(N(C)C)cc3)nc12.O=CO[O-].[Na+]. The number of carbonyl (C=O) groups excluding carboxylic acids is 2. The molecule has 0 aliphatic carbocycles. The van der Waals surface area contributed by atoms with Gasteiger partial charge in [-0.2, -0.15) is 9.49 Å². The van der Waals surface area contributed by atoms with E-state index in [9.17, 15) is 9.18 Å². The van der Waals surface area contributed by atoms with Crippen LogP contribution in [0.2, 0.25) is 10.3 Å². The molecule has 0 saturated carbocycles. The summed E-state index contributed by atoms with van der Waals surface area (Å²) in [6.45, 7) is 7.39. The number of carbonyl (C=O) groups is 2. The van der Waals surface area contributed by atoms with Crippen LogP contribution in [0.1, 0.15) is 78.5 Å². The van der Waals surface area contributed by atoms with Gasteiger partial charge in [0.15, 0.2) is 22.2 Å². The summed E-state index contributed by atoms with van der Waals surface area (Å²) in [6.07, 6.45) is 3.65. The fourth-order valence-corrected chi connectivity index (χ4v) is 6.58. The van der Waals surface area contributed by atoms with Crippen LogP contribution in [0.15, 0.2) is 103 Å². The van der Waals surface area contributed by atoms with E-state index in [2.05, 4.69) is 80.3 Å². The van der Waals surface area contributed by atoms with Crippen molar-refractivity contribution < 1.29 is 58.8 Å². The van der Waals surface area contributed by atoms with Crippen molar-refractivity contribution in [3.05, 3.63) is 142 Å². The van der Waals surface area contributed by atoms with Crippen molar-refractivity contribution in [3.8, 4) is 22.5 Å². The molecular formula is C54H79BrCl2FN12NaO5. The van der Waals surface area contributed by atoms with E-state index in [0.717, 1.165) is 67.5 Å². The van der Waals surface area contributed by atoms with Gasteiger partial charge in [-0.1, -0.05) is 108 Å². The van der Waals surface area contributed by atoms with Crippen molar-refractivity contribution in [2.24, 2.45) is 0 Å². The van der Waals surface area contributed by atoms with E-state index in [1.807, 2.05) is 134 Å². The van der Waals surface area contributed by atoms with Gasteiger partial charge in [0.2, 0.25) is 5.95 Å². The van der Waals surface area contributed by atoms with E-state index >= 15 is 0 Å². The Morgan fingerprint density at radius 2 is 1.04 bits per heavy atom. The number of nitrogen functional groups attached to an aromatic ring is 1. The molecule has 3 aromatic carbocycles. The molecule has 5 aromatic heterocycles. The molecule has 0 amide bonds. The van der Waals surface area contributed by atoms with Gasteiger partial charge in [0.25, 0.3) is 6.47 Å². The molecule has 8 rings (SSSR count). The van der Waals surface area contributed by atoms with Crippen LogP contribution < -0.4 is 55.2 Å². The number of nitrogens with zero attached hydrogens (tertiary/aromatic N) is 11. The number of anilines is 4. The van der Waals surface area contributed by atoms with Crippen LogP contribution in [0, 0.1) is 26.7 Å². The van der Waals surface area contributed by atoms with E-state index in [1.165, 1.54) is 10.6 Å². The molecule has 3 N–H and O–H groups in total. The smallest absolute Gasteiger partial charge is 0.662 e. The maximum atomic E-state index is 13.3. The molecular weight excluding hydrogens is 1090 g/mol. The van der Waals surface area contributed by atoms with Crippen molar-refractivity contribution in [2.45, 2.75) is 72.3 Å². The van der Waals surface area contributed by atoms with Crippen LogP contribution in [0.5, 0.6) is 0 Å². The van der Waals surface area contributed by atoms with Gasteiger partial charge in [-0.3, -0.25) is 9.59 Å². The zero-order chi connectivity index (χ0) is 51.4. The zero-order valence-electron chi connectivity index (χ0n) is 40.9. The Labute approximate surface area is 491 Å². The predicted octanol–water partition coefficient (Wildman–Crippen LogP) is 8.94. The van der Waals surface area contributed by atoms with E-state index < -0.39 is 5.95 Å². The van der Waals surface area contributed by atoms with Crippen molar-refractivity contribution >= 4 is 85.6 Å². The molecule has 0 aliphatic rings. The Balaban J connectivity index is -0.000000283. The number of aromatic nitrogens is 8.